The van der Waals surface area contributed by atoms with Crippen molar-refractivity contribution in [2.75, 3.05) is 0 Å². The smallest absolute Gasteiger partial charge is 0.0319 e. The summed E-state index contributed by atoms with van der Waals surface area (Å²) in [6.07, 6.45) is 11.3. The molecule has 1 saturated heterocycles. The first-order valence-corrected chi connectivity index (χ1v) is 3.89. The SMILES string of the molecule is [CH]1CCC2C=CC=CC2N1. The lowest BCUT2D eigenvalue weighted by Crippen LogP contribution is -2.36. The summed E-state index contributed by atoms with van der Waals surface area (Å²) in [6, 6.07) is 0.582. The second-order valence-electron chi connectivity index (χ2n) is 2.91. The van der Waals surface area contributed by atoms with Crippen LogP contribution in [0, 0.1) is 12.5 Å². The standard InChI is InChI=1S/C9H12N/c1-2-6-9-8(4-1)5-3-7-10-9/h1-2,4,6-10H,3,5H2. The van der Waals surface area contributed by atoms with Crippen molar-refractivity contribution in [2.45, 2.75) is 18.9 Å². The van der Waals surface area contributed by atoms with Crippen LogP contribution < -0.4 is 5.32 Å². The predicted octanol–water partition coefficient (Wildman–Crippen LogP) is 1.64. The van der Waals surface area contributed by atoms with Gasteiger partial charge < -0.3 is 5.32 Å². The lowest BCUT2D eigenvalue weighted by Gasteiger charge is -2.29. The molecule has 2 atom stereocenters. The van der Waals surface area contributed by atoms with Crippen molar-refractivity contribution in [3.8, 4) is 0 Å². The second-order valence-corrected chi connectivity index (χ2v) is 2.91. The lowest BCUT2D eigenvalue weighted by atomic mass is 9.88. The lowest BCUT2D eigenvalue weighted by molar-refractivity contribution is 0.411. The molecule has 1 radical (unpaired) electrons. The van der Waals surface area contributed by atoms with E-state index in [1.165, 1.54) is 12.8 Å². The molecule has 1 nitrogen and oxygen atoms in total. The van der Waals surface area contributed by atoms with Crippen molar-refractivity contribution < 1.29 is 0 Å². The Morgan fingerprint density at radius 3 is 3.00 bits per heavy atom. The van der Waals surface area contributed by atoms with Crippen LogP contribution in [0.15, 0.2) is 24.3 Å². The van der Waals surface area contributed by atoms with Gasteiger partial charge >= 0.3 is 0 Å². The maximum atomic E-state index is 3.36. The molecule has 0 aromatic heterocycles. The van der Waals surface area contributed by atoms with E-state index < -0.39 is 0 Å². The van der Waals surface area contributed by atoms with Crippen LogP contribution in [0.5, 0.6) is 0 Å². The van der Waals surface area contributed by atoms with Crippen molar-refractivity contribution in [3.63, 3.8) is 0 Å². The van der Waals surface area contributed by atoms with E-state index >= 15 is 0 Å². The monoisotopic (exact) mass is 134 g/mol. The summed E-state index contributed by atoms with van der Waals surface area (Å²) < 4.78 is 0. The van der Waals surface area contributed by atoms with Gasteiger partial charge in [-0.05, 0) is 18.8 Å². The van der Waals surface area contributed by atoms with Gasteiger partial charge in [-0.15, -0.1) is 0 Å². The summed E-state index contributed by atoms with van der Waals surface area (Å²) in [7, 11) is 0. The van der Waals surface area contributed by atoms with Gasteiger partial charge in [0.2, 0.25) is 0 Å². The molecule has 0 bridgehead atoms. The van der Waals surface area contributed by atoms with Gasteiger partial charge in [-0.3, -0.25) is 0 Å². The first-order valence-electron chi connectivity index (χ1n) is 3.89. The van der Waals surface area contributed by atoms with E-state index in [0.717, 1.165) is 5.92 Å². The number of rotatable bonds is 0. The Hall–Kier alpha value is -0.560. The highest BCUT2D eigenvalue weighted by atomic mass is 14.9. The van der Waals surface area contributed by atoms with Crippen LogP contribution >= 0.6 is 0 Å². The van der Waals surface area contributed by atoms with Crippen molar-refractivity contribution in [3.05, 3.63) is 30.8 Å². The van der Waals surface area contributed by atoms with Crippen LogP contribution in [0.3, 0.4) is 0 Å². The molecule has 2 unspecified atom stereocenters. The van der Waals surface area contributed by atoms with Crippen LogP contribution in [-0.4, -0.2) is 6.04 Å². The Morgan fingerprint density at radius 1 is 1.20 bits per heavy atom. The zero-order valence-corrected chi connectivity index (χ0v) is 5.96. The number of hydrogen-bond acceptors (Lipinski definition) is 1. The molecular formula is C9H12N. The molecule has 10 heavy (non-hydrogen) atoms. The number of fused-ring (bicyclic) bond motifs is 1. The quantitative estimate of drug-likeness (QED) is 0.531. The Morgan fingerprint density at radius 2 is 2.10 bits per heavy atom. The molecule has 2 aliphatic rings. The summed E-state index contributed by atoms with van der Waals surface area (Å²) in [5.74, 6) is 0.745. The van der Waals surface area contributed by atoms with E-state index in [1.807, 2.05) is 0 Å². The van der Waals surface area contributed by atoms with E-state index in [-0.39, 0.29) is 0 Å². The summed E-state index contributed by atoms with van der Waals surface area (Å²) in [4.78, 5) is 0. The predicted molar refractivity (Wildman–Crippen MR) is 42.2 cm³/mol. The van der Waals surface area contributed by atoms with Crippen LogP contribution in [0.1, 0.15) is 12.8 Å². The van der Waals surface area contributed by atoms with E-state index in [9.17, 15) is 0 Å². The molecule has 1 aliphatic heterocycles. The Labute approximate surface area is 61.8 Å². The second kappa shape index (κ2) is 2.59. The van der Waals surface area contributed by atoms with Gasteiger partial charge in [0.25, 0.3) is 0 Å². The van der Waals surface area contributed by atoms with Crippen LogP contribution in [0.25, 0.3) is 0 Å². The van der Waals surface area contributed by atoms with E-state index in [2.05, 4.69) is 36.2 Å². The summed E-state index contributed by atoms with van der Waals surface area (Å²) in [6.45, 7) is 2.17. The van der Waals surface area contributed by atoms with Gasteiger partial charge in [0.15, 0.2) is 0 Å². The normalized spacial score (nSPS) is 37.6. The number of nitrogens with one attached hydrogen (secondary N) is 1. The molecule has 1 heterocycles. The minimum absolute atomic E-state index is 0.582. The maximum absolute atomic E-state index is 3.36. The van der Waals surface area contributed by atoms with Gasteiger partial charge in [-0.25, -0.2) is 0 Å². The molecule has 0 aromatic carbocycles. The molecular weight excluding hydrogens is 122 g/mol. The van der Waals surface area contributed by atoms with Gasteiger partial charge in [-0.2, -0.15) is 0 Å². The summed E-state index contributed by atoms with van der Waals surface area (Å²) >= 11 is 0. The average molecular weight is 134 g/mol. The fourth-order valence-corrected chi connectivity index (χ4v) is 1.60. The molecule has 0 aromatic rings. The third-order valence-corrected chi connectivity index (χ3v) is 2.20. The van der Waals surface area contributed by atoms with Crippen LogP contribution in [0.4, 0.5) is 0 Å². The topological polar surface area (TPSA) is 12.0 Å². The van der Waals surface area contributed by atoms with Gasteiger partial charge in [0, 0.05) is 12.6 Å². The highest BCUT2D eigenvalue weighted by Gasteiger charge is 2.20. The molecule has 53 valence electrons. The third kappa shape index (κ3) is 1.01. The van der Waals surface area contributed by atoms with Gasteiger partial charge in [0.1, 0.15) is 0 Å². The molecule has 2 rings (SSSR count). The zero-order chi connectivity index (χ0) is 6.81. The molecule has 0 spiro atoms. The summed E-state index contributed by atoms with van der Waals surface area (Å²) in [5.41, 5.74) is 0. The number of piperidine rings is 1. The molecule has 0 amide bonds. The summed E-state index contributed by atoms with van der Waals surface area (Å²) in [5, 5.41) is 3.36. The molecule has 1 aliphatic carbocycles. The molecule has 0 saturated carbocycles. The number of allylic oxidation sites excluding steroid dienone is 2. The maximum Gasteiger partial charge on any atom is 0.0319 e. The van der Waals surface area contributed by atoms with Crippen LogP contribution in [0.2, 0.25) is 0 Å². The largest absolute Gasteiger partial charge is 0.306 e. The van der Waals surface area contributed by atoms with E-state index in [1.54, 1.807) is 0 Å². The molecule has 1 fully saturated rings. The molecule has 1 N–H and O–H groups in total. The Bertz CT molecular complexity index is 150. The van der Waals surface area contributed by atoms with E-state index in [4.69, 9.17) is 0 Å². The first-order chi connectivity index (χ1) is 4.97. The van der Waals surface area contributed by atoms with E-state index in [0.29, 0.717) is 6.04 Å². The van der Waals surface area contributed by atoms with Crippen molar-refractivity contribution in [1.82, 2.24) is 5.32 Å². The fourth-order valence-electron chi connectivity index (χ4n) is 1.60. The number of hydrogen-bond donors (Lipinski definition) is 1. The molecule has 1 heteroatoms. The minimum Gasteiger partial charge on any atom is -0.306 e. The fraction of sp³-hybridized carbons (Fsp3) is 0.444. The Balaban J connectivity index is 2.09. The highest BCUT2D eigenvalue weighted by molar-refractivity contribution is 5.18. The van der Waals surface area contributed by atoms with Gasteiger partial charge in [-0.1, -0.05) is 24.3 Å². The highest BCUT2D eigenvalue weighted by Crippen LogP contribution is 2.22. The van der Waals surface area contributed by atoms with Crippen LogP contribution in [-0.2, 0) is 0 Å². The van der Waals surface area contributed by atoms with Crippen molar-refractivity contribution in [2.24, 2.45) is 5.92 Å². The zero-order valence-electron chi connectivity index (χ0n) is 5.96. The first kappa shape index (κ1) is 6.17. The minimum atomic E-state index is 0.582. The average Bonchev–Trinajstić information content (AvgIpc) is 2.05. The van der Waals surface area contributed by atoms with Crippen molar-refractivity contribution in [1.29, 1.82) is 0 Å². The van der Waals surface area contributed by atoms with Crippen molar-refractivity contribution >= 4 is 0 Å². The van der Waals surface area contributed by atoms with Gasteiger partial charge in [0.05, 0.1) is 0 Å². The Kier molecular flexibility index (Phi) is 1.60. The third-order valence-electron chi connectivity index (χ3n) is 2.20.